The van der Waals surface area contributed by atoms with E-state index in [0.29, 0.717) is 45.2 Å². The van der Waals surface area contributed by atoms with Crippen molar-refractivity contribution in [2.24, 2.45) is 22.2 Å². The summed E-state index contributed by atoms with van der Waals surface area (Å²) in [4.78, 5) is 41.5. The molecule has 2 amide bonds. The maximum Gasteiger partial charge on any atom is 0.328 e. The van der Waals surface area contributed by atoms with Gasteiger partial charge in [0.25, 0.3) is 0 Å². The van der Waals surface area contributed by atoms with Gasteiger partial charge in [-0.05, 0) is 38.6 Å². The summed E-state index contributed by atoms with van der Waals surface area (Å²) in [5, 5.41) is 5.53. The molecule has 38 heavy (non-hydrogen) atoms. The topological polar surface area (TPSA) is 175 Å². The molecule has 2 atom stereocenters. The van der Waals surface area contributed by atoms with Crippen LogP contribution >= 0.6 is 0 Å². The zero-order valence-corrected chi connectivity index (χ0v) is 24.1. The number of aliphatic imine (C=N–C) groups is 1. The molecule has 0 aliphatic heterocycles. The number of guanidine groups is 1. The molecule has 0 aliphatic carbocycles. The third-order valence-electron chi connectivity index (χ3n) is 6.60. The average Bonchev–Trinajstić information content (AvgIpc) is 2.90. The van der Waals surface area contributed by atoms with Crippen LogP contribution in [0.5, 0.6) is 0 Å². The Bertz CT molecular complexity index is 655. The molecule has 0 bridgehead atoms. The van der Waals surface area contributed by atoms with Gasteiger partial charge in [0.1, 0.15) is 12.1 Å². The second-order valence-electron chi connectivity index (χ2n) is 10.1. The van der Waals surface area contributed by atoms with E-state index >= 15 is 0 Å². The van der Waals surface area contributed by atoms with Gasteiger partial charge in [-0.2, -0.15) is 0 Å². The summed E-state index contributed by atoms with van der Waals surface area (Å²) in [5.74, 6) is -1.16. The van der Waals surface area contributed by atoms with E-state index in [-0.39, 0.29) is 11.9 Å². The zero-order chi connectivity index (χ0) is 28.4. The minimum absolute atomic E-state index is 0.0232. The van der Waals surface area contributed by atoms with E-state index < -0.39 is 24.0 Å². The predicted molar refractivity (Wildman–Crippen MR) is 154 cm³/mol. The van der Waals surface area contributed by atoms with Gasteiger partial charge in [0, 0.05) is 13.0 Å². The van der Waals surface area contributed by atoms with Crippen molar-refractivity contribution in [3.05, 3.63) is 0 Å². The summed E-state index contributed by atoms with van der Waals surface area (Å²) >= 11 is 0. The zero-order valence-electron chi connectivity index (χ0n) is 24.1. The fraction of sp³-hybridized carbons (Fsp3) is 0.857. The van der Waals surface area contributed by atoms with Crippen LogP contribution in [0.4, 0.5) is 0 Å². The van der Waals surface area contributed by atoms with Crippen molar-refractivity contribution >= 4 is 23.7 Å². The smallest absolute Gasteiger partial charge is 0.328 e. The lowest BCUT2D eigenvalue weighted by Crippen LogP contribution is -2.52. The molecule has 0 aromatic carbocycles. The number of hydrogen-bond donors (Lipinski definition) is 5. The van der Waals surface area contributed by atoms with Crippen LogP contribution in [0, 0.1) is 0 Å². The first-order valence-electron chi connectivity index (χ1n) is 14.8. The molecule has 0 saturated carbocycles. The number of unbranched alkanes of at least 4 members (excludes halogenated alkanes) is 12. The van der Waals surface area contributed by atoms with Crippen LogP contribution in [0.25, 0.3) is 0 Å². The van der Waals surface area contributed by atoms with Crippen molar-refractivity contribution in [3.63, 3.8) is 0 Å². The molecule has 0 spiro atoms. The SMILES string of the molecule is CCCCCCCCCCCCCCCC(=O)N[C@@H](CCCN=C(N)N)C(=O)N[C@@H](CCCN)C(=O)OC. The number of nitrogens with one attached hydrogen (secondary N) is 2. The molecule has 0 heterocycles. The fourth-order valence-corrected chi connectivity index (χ4v) is 4.33. The van der Waals surface area contributed by atoms with Gasteiger partial charge < -0.3 is 32.6 Å². The number of hydrogen-bond acceptors (Lipinski definition) is 6. The highest BCUT2D eigenvalue weighted by Crippen LogP contribution is 2.13. The van der Waals surface area contributed by atoms with Crippen molar-refractivity contribution in [2.75, 3.05) is 20.2 Å². The van der Waals surface area contributed by atoms with Crippen LogP contribution < -0.4 is 27.8 Å². The first kappa shape index (κ1) is 35.6. The van der Waals surface area contributed by atoms with E-state index in [1.807, 2.05) is 0 Å². The number of nitrogens with two attached hydrogens (primary N) is 3. The number of rotatable bonds is 25. The number of ether oxygens (including phenoxy) is 1. The number of carbonyl (C=O) groups excluding carboxylic acids is 3. The van der Waals surface area contributed by atoms with Crippen molar-refractivity contribution in [1.82, 2.24) is 10.6 Å². The third-order valence-corrected chi connectivity index (χ3v) is 6.60. The number of nitrogens with zero attached hydrogens (tertiary/aromatic N) is 1. The summed E-state index contributed by atoms with van der Waals surface area (Å²) in [5.41, 5.74) is 16.3. The largest absolute Gasteiger partial charge is 0.467 e. The van der Waals surface area contributed by atoms with Crippen LogP contribution in [0.2, 0.25) is 0 Å². The second-order valence-corrected chi connectivity index (χ2v) is 10.1. The number of methoxy groups -OCH3 is 1. The Morgan fingerprint density at radius 1 is 0.737 bits per heavy atom. The third kappa shape index (κ3) is 20.7. The fourth-order valence-electron chi connectivity index (χ4n) is 4.33. The molecule has 0 fully saturated rings. The quantitative estimate of drug-likeness (QED) is 0.0510. The summed E-state index contributed by atoms with van der Waals surface area (Å²) in [7, 11) is 1.27. The molecule has 8 N–H and O–H groups in total. The average molecular weight is 541 g/mol. The molecule has 0 unspecified atom stereocenters. The normalized spacial score (nSPS) is 12.4. The highest BCUT2D eigenvalue weighted by atomic mass is 16.5. The molecule has 0 aromatic heterocycles. The Balaban J connectivity index is 4.42. The number of carbonyl (C=O) groups is 3. The van der Waals surface area contributed by atoms with E-state index in [1.54, 1.807) is 0 Å². The van der Waals surface area contributed by atoms with E-state index in [9.17, 15) is 14.4 Å². The highest BCUT2D eigenvalue weighted by molar-refractivity contribution is 5.90. The monoisotopic (exact) mass is 540 g/mol. The Hall–Kier alpha value is -2.36. The van der Waals surface area contributed by atoms with E-state index in [4.69, 9.17) is 21.9 Å². The Kier molecular flexibility index (Phi) is 23.4. The predicted octanol–water partition coefficient (Wildman–Crippen LogP) is 3.40. The number of amides is 2. The van der Waals surface area contributed by atoms with Gasteiger partial charge in [-0.15, -0.1) is 0 Å². The first-order chi connectivity index (χ1) is 18.3. The van der Waals surface area contributed by atoms with Gasteiger partial charge in [0.2, 0.25) is 11.8 Å². The summed E-state index contributed by atoms with van der Waals surface area (Å²) < 4.78 is 4.80. The van der Waals surface area contributed by atoms with Gasteiger partial charge in [-0.1, -0.05) is 84.0 Å². The van der Waals surface area contributed by atoms with Crippen molar-refractivity contribution in [2.45, 2.75) is 135 Å². The molecule has 10 heteroatoms. The lowest BCUT2D eigenvalue weighted by atomic mass is 10.0. The summed E-state index contributed by atoms with van der Waals surface area (Å²) in [6, 6.07) is -1.60. The molecule has 10 nitrogen and oxygen atoms in total. The van der Waals surface area contributed by atoms with Crippen molar-refractivity contribution in [1.29, 1.82) is 0 Å². The molecular weight excluding hydrogens is 484 g/mol. The van der Waals surface area contributed by atoms with E-state index in [0.717, 1.165) is 19.3 Å². The summed E-state index contributed by atoms with van der Waals surface area (Å²) in [6.07, 6.45) is 18.2. The minimum Gasteiger partial charge on any atom is -0.467 e. The van der Waals surface area contributed by atoms with Crippen molar-refractivity contribution in [3.8, 4) is 0 Å². The lowest BCUT2D eigenvalue weighted by Gasteiger charge is -2.22. The molecule has 0 aliphatic rings. The Labute approximate surface area is 230 Å². The van der Waals surface area contributed by atoms with Crippen LogP contribution in [0.3, 0.4) is 0 Å². The maximum atomic E-state index is 12.9. The molecule has 222 valence electrons. The lowest BCUT2D eigenvalue weighted by molar-refractivity contribution is -0.145. The standard InChI is InChI=1S/C28H56N6O4/c1-3-4-5-6-7-8-9-10-11-12-13-14-15-20-25(35)33-23(19-17-22-32-28(30)31)26(36)34-24(18-16-21-29)27(37)38-2/h23-24H,3-22,29H2,1-2H3,(H,33,35)(H,34,36)(H4,30,31,32)/t23-,24-/m0/s1. The second kappa shape index (κ2) is 24.9. The molecule has 0 rings (SSSR count). The maximum absolute atomic E-state index is 12.9. The van der Waals surface area contributed by atoms with Crippen LogP contribution in [0.15, 0.2) is 4.99 Å². The van der Waals surface area contributed by atoms with Crippen LogP contribution in [-0.4, -0.2) is 56.0 Å². The molecular formula is C28H56N6O4. The molecule has 0 aromatic rings. The van der Waals surface area contributed by atoms with Gasteiger partial charge in [-0.25, -0.2) is 4.79 Å². The van der Waals surface area contributed by atoms with Gasteiger partial charge in [-0.3, -0.25) is 14.6 Å². The highest BCUT2D eigenvalue weighted by Gasteiger charge is 2.26. The van der Waals surface area contributed by atoms with Gasteiger partial charge in [0.15, 0.2) is 5.96 Å². The number of esters is 1. The Morgan fingerprint density at radius 2 is 1.26 bits per heavy atom. The van der Waals surface area contributed by atoms with Gasteiger partial charge >= 0.3 is 5.97 Å². The van der Waals surface area contributed by atoms with Crippen LogP contribution in [0.1, 0.15) is 122 Å². The Morgan fingerprint density at radius 3 is 1.76 bits per heavy atom. The van der Waals surface area contributed by atoms with Crippen LogP contribution in [-0.2, 0) is 19.1 Å². The first-order valence-corrected chi connectivity index (χ1v) is 14.8. The van der Waals surface area contributed by atoms with E-state index in [1.165, 1.54) is 71.3 Å². The van der Waals surface area contributed by atoms with E-state index in [2.05, 4.69) is 22.5 Å². The minimum atomic E-state index is -0.811. The van der Waals surface area contributed by atoms with Gasteiger partial charge in [0.05, 0.1) is 7.11 Å². The van der Waals surface area contributed by atoms with Crippen molar-refractivity contribution < 1.29 is 19.1 Å². The molecule has 0 radical (unpaired) electrons. The summed E-state index contributed by atoms with van der Waals surface area (Å²) in [6.45, 7) is 2.98. The molecule has 0 saturated heterocycles.